The lowest BCUT2D eigenvalue weighted by molar-refractivity contribution is -0.139. The first-order chi connectivity index (χ1) is 14.5. The van der Waals surface area contributed by atoms with Crippen molar-refractivity contribution in [2.45, 2.75) is 6.92 Å². The molecule has 0 saturated carbocycles. The number of carboxylic acid groups (broad SMARTS) is 1. The molecule has 0 aliphatic heterocycles. The van der Waals surface area contributed by atoms with Gasteiger partial charge in [0.25, 0.3) is 0 Å². The molecule has 0 heterocycles. The SMILES string of the molecule is CCOc1cc(C=Nc2ccc(Oc3ccccc3)cc2)cc(Cl)c1OCC(=O)O. The summed E-state index contributed by atoms with van der Waals surface area (Å²) in [6.07, 6.45) is 1.64. The minimum Gasteiger partial charge on any atom is -0.490 e. The van der Waals surface area contributed by atoms with E-state index in [2.05, 4.69) is 4.99 Å². The maximum atomic E-state index is 10.8. The third-order valence-corrected chi connectivity index (χ3v) is 4.13. The Kier molecular flexibility index (Phi) is 7.29. The number of ether oxygens (including phenoxy) is 3. The van der Waals surface area contributed by atoms with Crippen LogP contribution in [0.4, 0.5) is 5.69 Å². The minimum atomic E-state index is -1.10. The predicted octanol–water partition coefficient (Wildman–Crippen LogP) is 5.75. The third kappa shape index (κ3) is 5.99. The van der Waals surface area contributed by atoms with E-state index >= 15 is 0 Å². The average molecular weight is 426 g/mol. The van der Waals surface area contributed by atoms with Gasteiger partial charge < -0.3 is 19.3 Å². The van der Waals surface area contributed by atoms with Crippen LogP contribution in [0.3, 0.4) is 0 Å². The molecule has 0 aromatic heterocycles. The van der Waals surface area contributed by atoms with Gasteiger partial charge in [0.1, 0.15) is 11.5 Å². The second-order valence-electron chi connectivity index (χ2n) is 6.11. The fraction of sp³-hybridized carbons (Fsp3) is 0.130. The fourth-order valence-electron chi connectivity index (χ4n) is 2.57. The summed E-state index contributed by atoms with van der Waals surface area (Å²) in [4.78, 5) is 15.2. The number of aliphatic imine (C=N–C) groups is 1. The summed E-state index contributed by atoms with van der Waals surface area (Å²) in [5, 5.41) is 9.06. The normalized spacial score (nSPS) is 10.7. The minimum absolute atomic E-state index is 0.195. The highest BCUT2D eigenvalue weighted by atomic mass is 35.5. The van der Waals surface area contributed by atoms with Gasteiger partial charge in [0.2, 0.25) is 0 Å². The number of rotatable bonds is 9. The van der Waals surface area contributed by atoms with Gasteiger partial charge in [-0.1, -0.05) is 29.8 Å². The van der Waals surface area contributed by atoms with E-state index in [0.29, 0.717) is 23.7 Å². The molecule has 0 unspecified atom stereocenters. The van der Waals surface area contributed by atoms with Crippen molar-refractivity contribution in [1.29, 1.82) is 0 Å². The molecule has 3 aromatic carbocycles. The van der Waals surface area contributed by atoms with Crippen molar-refractivity contribution in [3.63, 3.8) is 0 Å². The molecule has 1 N–H and O–H groups in total. The van der Waals surface area contributed by atoms with E-state index in [4.69, 9.17) is 30.9 Å². The molecule has 0 fully saturated rings. The number of nitrogens with zero attached hydrogens (tertiary/aromatic N) is 1. The van der Waals surface area contributed by atoms with E-state index in [1.54, 1.807) is 18.3 Å². The van der Waals surface area contributed by atoms with Crippen LogP contribution in [-0.2, 0) is 4.79 Å². The van der Waals surface area contributed by atoms with Gasteiger partial charge in [-0.3, -0.25) is 4.99 Å². The van der Waals surface area contributed by atoms with Crippen molar-refractivity contribution in [2.75, 3.05) is 13.2 Å². The van der Waals surface area contributed by atoms with Gasteiger partial charge in [-0.15, -0.1) is 0 Å². The van der Waals surface area contributed by atoms with E-state index in [1.165, 1.54) is 0 Å². The van der Waals surface area contributed by atoms with Gasteiger partial charge in [-0.25, -0.2) is 4.79 Å². The monoisotopic (exact) mass is 425 g/mol. The molecular weight excluding hydrogens is 406 g/mol. The molecule has 0 aliphatic carbocycles. The Bertz CT molecular complexity index is 1020. The number of para-hydroxylation sites is 1. The lowest BCUT2D eigenvalue weighted by atomic mass is 10.2. The third-order valence-electron chi connectivity index (χ3n) is 3.85. The van der Waals surface area contributed by atoms with Crippen LogP contribution in [0.15, 0.2) is 71.7 Å². The zero-order chi connectivity index (χ0) is 21.3. The predicted molar refractivity (Wildman–Crippen MR) is 116 cm³/mol. The van der Waals surface area contributed by atoms with Crippen LogP contribution in [-0.4, -0.2) is 30.5 Å². The quantitative estimate of drug-likeness (QED) is 0.442. The number of aliphatic carboxylic acids is 1. The molecule has 3 rings (SSSR count). The van der Waals surface area contributed by atoms with E-state index in [0.717, 1.165) is 11.4 Å². The fourth-order valence-corrected chi connectivity index (χ4v) is 2.85. The average Bonchev–Trinajstić information content (AvgIpc) is 2.73. The molecule has 0 radical (unpaired) electrons. The van der Waals surface area contributed by atoms with Crippen molar-refractivity contribution in [1.82, 2.24) is 0 Å². The molecule has 3 aromatic rings. The van der Waals surface area contributed by atoms with Crippen LogP contribution in [0.5, 0.6) is 23.0 Å². The molecule has 6 nitrogen and oxygen atoms in total. The van der Waals surface area contributed by atoms with E-state index in [9.17, 15) is 4.79 Å². The van der Waals surface area contributed by atoms with Gasteiger partial charge in [0, 0.05) is 6.21 Å². The zero-order valence-electron chi connectivity index (χ0n) is 16.2. The Labute approximate surface area is 179 Å². The van der Waals surface area contributed by atoms with Crippen molar-refractivity contribution in [3.05, 3.63) is 77.3 Å². The van der Waals surface area contributed by atoms with Gasteiger partial charge in [0.15, 0.2) is 18.1 Å². The Morgan fingerprint density at radius 3 is 2.40 bits per heavy atom. The number of carboxylic acids is 1. The molecule has 0 aliphatic rings. The Morgan fingerprint density at radius 2 is 1.73 bits per heavy atom. The smallest absolute Gasteiger partial charge is 0.341 e. The van der Waals surface area contributed by atoms with Gasteiger partial charge in [-0.2, -0.15) is 0 Å². The number of carbonyl (C=O) groups is 1. The van der Waals surface area contributed by atoms with Gasteiger partial charge >= 0.3 is 5.97 Å². The highest BCUT2D eigenvalue weighted by Crippen LogP contribution is 2.36. The first-order valence-electron chi connectivity index (χ1n) is 9.23. The van der Waals surface area contributed by atoms with E-state index in [-0.39, 0.29) is 10.8 Å². The molecule has 0 bridgehead atoms. The second-order valence-corrected chi connectivity index (χ2v) is 6.52. The summed E-state index contributed by atoms with van der Waals surface area (Å²) >= 11 is 6.26. The Balaban J connectivity index is 1.74. The van der Waals surface area contributed by atoms with Crippen LogP contribution in [0.1, 0.15) is 12.5 Å². The highest BCUT2D eigenvalue weighted by molar-refractivity contribution is 6.32. The lowest BCUT2D eigenvalue weighted by Gasteiger charge is -2.13. The summed E-state index contributed by atoms with van der Waals surface area (Å²) in [6, 6.07) is 20.2. The molecule has 0 saturated heterocycles. The van der Waals surface area contributed by atoms with Crippen LogP contribution >= 0.6 is 11.6 Å². The van der Waals surface area contributed by atoms with E-state index < -0.39 is 12.6 Å². The molecule has 0 spiro atoms. The summed E-state index contributed by atoms with van der Waals surface area (Å²) in [5.74, 6) is 0.928. The first-order valence-corrected chi connectivity index (χ1v) is 9.61. The number of hydrogen-bond donors (Lipinski definition) is 1. The van der Waals surface area contributed by atoms with Crippen LogP contribution in [0.25, 0.3) is 0 Å². The molecular formula is C23H20ClNO5. The standard InChI is InChI=1S/C23H20ClNO5/c1-2-28-21-13-16(12-20(24)23(21)29-15-22(26)27)14-25-17-8-10-19(11-9-17)30-18-6-4-3-5-7-18/h3-14H,2,15H2,1H3,(H,26,27). The van der Waals surface area contributed by atoms with Crippen LogP contribution in [0, 0.1) is 0 Å². The van der Waals surface area contributed by atoms with Crippen molar-refractivity contribution in [2.24, 2.45) is 4.99 Å². The molecule has 7 heteroatoms. The lowest BCUT2D eigenvalue weighted by Crippen LogP contribution is -2.11. The van der Waals surface area contributed by atoms with E-state index in [1.807, 2.05) is 61.5 Å². The molecule has 30 heavy (non-hydrogen) atoms. The maximum Gasteiger partial charge on any atom is 0.341 e. The summed E-state index contributed by atoms with van der Waals surface area (Å²) in [5.41, 5.74) is 1.42. The molecule has 154 valence electrons. The summed E-state index contributed by atoms with van der Waals surface area (Å²) < 4.78 is 16.5. The Hall–Kier alpha value is -3.51. The topological polar surface area (TPSA) is 77.3 Å². The molecule has 0 atom stereocenters. The van der Waals surface area contributed by atoms with Crippen LogP contribution < -0.4 is 14.2 Å². The largest absolute Gasteiger partial charge is 0.490 e. The number of halogens is 1. The molecule has 0 amide bonds. The van der Waals surface area contributed by atoms with Gasteiger partial charge in [0.05, 0.1) is 17.3 Å². The number of benzene rings is 3. The van der Waals surface area contributed by atoms with Crippen molar-refractivity contribution in [3.8, 4) is 23.0 Å². The van der Waals surface area contributed by atoms with Crippen molar-refractivity contribution < 1.29 is 24.1 Å². The highest BCUT2D eigenvalue weighted by Gasteiger charge is 2.13. The number of hydrogen-bond acceptors (Lipinski definition) is 5. The Morgan fingerprint density at radius 1 is 1.03 bits per heavy atom. The zero-order valence-corrected chi connectivity index (χ0v) is 17.0. The van der Waals surface area contributed by atoms with Crippen molar-refractivity contribution >= 4 is 29.5 Å². The first kappa shape index (κ1) is 21.2. The van der Waals surface area contributed by atoms with Crippen LogP contribution in [0.2, 0.25) is 5.02 Å². The second kappa shape index (κ2) is 10.3. The summed E-state index contributed by atoms with van der Waals surface area (Å²) in [6.45, 7) is 1.68. The maximum absolute atomic E-state index is 10.8. The van der Waals surface area contributed by atoms with Gasteiger partial charge in [-0.05, 0) is 61.0 Å². The summed E-state index contributed by atoms with van der Waals surface area (Å²) in [7, 11) is 0.